The molecule has 1 N–H and O–H groups in total. The van der Waals surface area contributed by atoms with Gasteiger partial charge in [-0.2, -0.15) is 0 Å². The number of hydrogen-bond donors (Lipinski definition) is 1. The summed E-state index contributed by atoms with van der Waals surface area (Å²) in [6.45, 7) is 3.58. The quantitative estimate of drug-likeness (QED) is 0.671. The van der Waals surface area contributed by atoms with E-state index in [4.69, 9.17) is 0 Å². The normalized spacial score (nSPS) is 10.5. The van der Waals surface area contributed by atoms with Gasteiger partial charge in [0.1, 0.15) is 0 Å². The molecule has 0 aliphatic carbocycles. The molecule has 0 aliphatic rings. The maximum absolute atomic E-state index is 12.4. The molecule has 0 unspecified atom stereocenters. The van der Waals surface area contributed by atoms with Gasteiger partial charge in [-0.15, -0.1) is 0 Å². The molecule has 5 heteroatoms. The Hall–Kier alpha value is -2.79. The summed E-state index contributed by atoms with van der Waals surface area (Å²) in [5.41, 5.74) is 3.21. The first-order chi connectivity index (χ1) is 12.1. The zero-order valence-electron chi connectivity index (χ0n) is 14.1. The van der Waals surface area contributed by atoms with Gasteiger partial charge in [0.2, 0.25) is 0 Å². The molecule has 0 saturated carbocycles. The number of carbonyl (C=O) groups excluding carboxylic acids is 2. The number of ketones is 1. The third-order valence-electron chi connectivity index (χ3n) is 3.84. The van der Waals surface area contributed by atoms with Gasteiger partial charge in [-0.05, 0) is 24.1 Å². The van der Waals surface area contributed by atoms with Gasteiger partial charge in [0, 0.05) is 18.1 Å². The fourth-order valence-corrected chi connectivity index (χ4v) is 3.34. The van der Waals surface area contributed by atoms with E-state index in [9.17, 15) is 9.59 Å². The summed E-state index contributed by atoms with van der Waals surface area (Å²) in [5, 5.41) is 3.22. The lowest BCUT2D eigenvalue weighted by molar-refractivity contribution is 0.101. The summed E-state index contributed by atoms with van der Waals surface area (Å²) in [5.74, 6) is -0.296. The maximum atomic E-state index is 12.4. The third kappa shape index (κ3) is 3.83. The Morgan fingerprint density at radius 2 is 1.72 bits per heavy atom. The van der Waals surface area contributed by atoms with Gasteiger partial charge in [0.05, 0.1) is 10.6 Å². The van der Waals surface area contributed by atoms with E-state index >= 15 is 0 Å². The average molecular weight is 350 g/mol. The zero-order valence-corrected chi connectivity index (χ0v) is 14.9. The van der Waals surface area contributed by atoms with Crippen LogP contribution in [0, 0.1) is 0 Å². The van der Waals surface area contributed by atoms with Crippen LogP contribution in [0.25, 0.3) is 11.3 Å². The molecule has 4 nitrogen and oxygen atoms in total. The number of anilines is 1. The molecule has 0 spiro atoms. The van der Waals surface area contributed by atoms with Crippen molar-refractivity contribution >= 4 is 28.2 Å². The highest BCUT2D eigenvalue weighted by Crippen LogP contribution is 2.31. The van der Waals surface area contributed by atoms with E-state index in [0.717, 1.165) is 12.0 Å². The first kappa shape index (κ1) is 17.0. The number of aryl methyl sites for hydroxylation is 1. The number of carbonyl (C=O) groups is 2. The summed E-state index contributed by atoms with van der Waals surface area (Å²) in [4.78, 5) is 29.4. The Balaban J connectivity index is 1.87. The lowest BCUT2D eigenvalue weighted by Gasteiger charge is -2.02. The van der Waals surface area contributed by atoms with Gasteiger partial charge in [-0.3, -0.25) is 14.9 Å². The first-order valence-electron chi connectivity index (χ1n) is 8.06. The average Bonchev–Trinajstić information content (AvgIpc) is 3.06. The summed E-state index contributed by atoms with van der Waals surface area (Å²) >= 11 is 1.20. The Kier molecular flexibility index (Phi) is 5.05. The van der Waals surface area contributed by atoms with Crippen LogP contribution in [0.4, 0.5) is 5.13 Å². The molecule has 3 aromatic rings. The molecule has 0 aliphatic heterocycles. The fraction of sp³-hybridized carbons (Fsp3) is 0.150. The number of thiazole rings is 1. The predicted molar refractivity (Wildman–Crippen MR) is 101 cm³/mol. The van der Waals surface area contributed by atoms with Crippen molar-refractivity contribution in [1.29, 1.82) is 0 Å². The molecular formula is C20H18N2O2S. The number of rotatable bonds is 5. The van der Waals surface area contributed by atoms with Crippen LogP contribution in [-0.4, -0.2) is 16.7 Å². The number of amides is 1. The zero-order chi connectivity index (χ0) is 17.8. The Morgan fingerprint density at radius 3 is 2.32 bits per heavy atom. The summed E-state index contributed by atoms with van der Waals surface area (Å²) in [7, 11) is 0. The van der Waals surface area contributed by atoms with Crippen LogP contribution in [0.1, 0.15) is 39.4 Å². The van der Waals surface area contributed by atoms with Gasteiger partial charge >= 0.3 is 0 Å². The van der Waals surface area contributed by atoms with Crippen LogP contribution in [0.15, 0.2) is 54.6 Å². The van der Waals surface area contributed by atoms with Crippen LogP contribution in [0.2, 0.25) is 0 Å². The van der Waals surface area contributed by atoms with Crippen molar-refractivity contribution < 1.29 is 9.59 Å². The van der Waals surface area contributed by atoms with Gasteiger partial charge in [-0.1, -0.05) is 60.7 Å². The van der Waals surface area contributed by atoms with Crippen molar-refractivity contribution in [2.24, 2.45) is 0 Å². The molecule has 0 saturated heterocycles. The third-order valence-corrected chi connectivity index (χ3v) is 4.91. The van der Waals surface area contributed by atoms with E-state index < -0.39 is 0 Å². The highest BCUT2D eigenvalue weighted by molar-refractivity contribution is 7.18. The lowest BCUT2D eigenvalue weighted by atomic mass is 10.1. The molecule has 1 heterocycles. The topological polar surface area (TPSA) is 59.1 Å². The molecule has 1 aromatic heterocycles. The molecule has 25 heavy (non-hydrogen) atoms. The number of benzene rings is 2. The van der Waals surface area contributed by atoms with Gasteiger partial charge < -0.3 is 0 Å². The van der Waals surface area contributed by atoms with Crippen molar-refractivity contribution in [3.8, 4) is 11.3 Å². The summed E-state index contributed by atoms with van der Waals surface area (Å²) in [6, 6.07) is 17.0. The van der Waals surface area contributed by atoms with Gasteiger partial charge in [-0.25, -0.2) is 4.98 Å². The van der Waals surface area contributed by atoms with Gasteiger partial charge in [0.25, 0.3) is 5.91 Å². The van der Waals surface area contributed by atoms with Crippen LogP contribution in [-0.2, 0) is 6.42 Å². The molecule has 0 fully saturated rings. The van der Waals surface area contributed by atoms with Crippen molar-refractivity contribution in [3.05, 3.63) is 70.6 Å². The van der Waals surface area contributed by atoms with Crippen LogP contribution in [0.5, 0.6) is 0 Å². The molecule has 0 bridgehead atoms. The molecule has 3 rings (SSSR count). The lowest BCUT2D eigenvalue weighted by Crippen LogP contribution is -2.11. The Bertz CT molecular complexity index is 899. The number of aromatic nitrogens is 1. The largest absolute Gasteiger partial charge is 0.298 e. The Morgan fingerprint density at radius 1 is 1.04 bits per heavy atom. The van der Waals surface area contributed by atoms with E-state index in [2.05, 4.69) is 17.2 Å². The first-order valence-corrected chi connectivity index (χ1v) is 8.87. The minimum atomic E-state index is -0.230. The van der Waals surface area contributed by atoms with Crippen molar-refractivity contribution in [1.82, 2.24) is 4.98 Å². The number of nitrogens with zero attached hydrogens (tertiary/aromatic N) is 1. The minimum Gasteiger partial charge on any atom is -0.298 e. The number of Topliss-reactive ketones (excluding diaryl/α,β-unsaturated/α-hetero) is 1. The molecule has 0 radical (unpaired) electrons. The fourth-order valence-electron chi connectivity index (χ4n) is 2.46. The predicted octanol–water partition coefficient (Wildman–Crippen LogP) is 4.83. The maximum Gasteiger partial charge on any atom is 0.257 e. The second kappa shape index (κ2) is 7.40. The molecule has 1 amide bonds. The van der Waals surface area contributed by atoms with Gasteiger partial charge in [0.15, 0.2) is 10.9 Å². The van der Waals surface area contributed by atoms with E-state index in [1.165, 1.54) is 23.8 Å². The number of hydrogen-bond acceptors (Lipinski definition) is 4. The minimum absolute atomic E-state index is 0.0656. The smallest absolute Gasteiger partial charge is 0.257 e. The van der Waals surface area contributed by atoms with E-state index in [-0.39, 0.29) is 11.7 Å². The SMILES string of the molecule is CCc1ccc(C(=O)Nc2nc(-c3ccccc3)c(C(C)=O)s2)cc1. The number of nitrogens with one attached hydrogen (secondary N) is 1. The van der Waals surface area contributed by atoms with Crippen molar-refractivity contribution in [2.75, 3.05) is 5.32 Å². The van der Waals surface area contributed by atoms with Crippen LogP contribution < -0.4 is 5.32 Å². The molecular weight excluding hydrogens is 332 g/mol. The van der Waals surface area contributed by atoms with Crippen LogP contribution in [0.3, 0.4) is 0 Å². The van der Waals surface area contributed by atoms with Crippen molar-refractivity contribution in [2.45, 2.75) is 20.3 Å². The molecule has 0 atom stereocenters. The standard InChI is InChI=1S/C20H18N2O2S/c1-3-14-9-11-16(12-10-14)19(24)22-20-21-17(18(25-20)13(2)23)15-7-5-4-6-8-15/h4-12H,3H2,1-2H3,(H,21,22,24). The highest BCUT2D eigenvalue weighted by Gasteiger charge is 2.18. The van der Waals surface area contributed by atoms with Crippen LogP contribution >= 0.6 is 11.3 Å². The molecule has 2 aromatic carbocycles. The second-order valence-electron chi connectivity index (χ2n) is 5.62. The summed E-state index contributed by atoms with van der Waals surface area (Å²) in [6.07, 6.45) is 0.927. The van der Waals surface area contributed by atoms with E-state index in [1.54, 1.807) is 12.1 Å². The molecule has 126 valence electrons. The highest BCUT2D eigenvalue weighted by atomic mass is 32.1. The Labute approximate surface area is 150 Å². The van der Waals surface area contributed by atoms with Crippen molar-refractivity contribution in [3.63, 3.8) is 0 Å². The monoisotopic (exact) mass is 350 g/mol. The van der Waals surface area contributed by atoms with E-state index in [0.29, 0.717) is 21.3 Å². The second-order valence-corrected chi connectivity index (χ2v) is 6.62. The van der Waals surface area contributed by atoms with E-state index in [1.807, 2.05) is 42.5 Å². The summed E-state index contributed by atoms with van der Waals surface area (Å²) < 4.78 is 0.